The van der Waals surface area contributed by atoms with Gasteiger partial charge >= 0.3 is 0 Å². The van der Waals surface area contributed by atoms with Crippen LogP contribution in [0.4, 0.5) is 5.69 Å². The topological polar surface area (TPSA) is 60.9 Å². The third-order valence-corrected chi connectivity index (χ3v) is 5.83. The number of amides is 3. The van der Waals surface area contributed by atoms with E-state index in [9.17, 15) is 14.4 Å². The van der Waals surface area contributed by atoms with Crippen LogP contribution in [0.15, 0.2) is 54.6 Å². The quantitative estimate of drug-likeness (QED) is 0.718. The van der Waals surface area contributed by atoms with Gasteiger partial charge in [0.25, 0.3) is 11.8 Å². The lowest BCUT2D eigenvalue weighted by Gasteiger charge is -2.39. The SMILES string of the molecule is CC(C)C[C@@H](C(=O)N1CCN(c2ccccc2)CC1)N1C(=O)c2ccccc2C1=O. The number of rotatable bonds is 5. The predicted molar refractivity (Wildman–Crippen MR) is 115 cm³/mol. The molecule has 1 fully saturated rings. The van der Waals surface area contributed by atoms with Crippen molar-refractivity contribution in [1.29, 1.82) is 0 Å². The molecule has 0 radical (unpaired) electrons. The lowest BCUT2D eigenvalue weighted by molar-refractivity contribution is -0.136. The summed E-state index contributed by atoms with van der Waals surface area (Å²) in [6.07, 6.45) is 0.462. The molecule has 0 spiro atoms. The first-order valence-electron chi connectivity index (χ1n) is 10.5. The van der Waals surface area contributed by atoms with Crippen LogP contribution in [0.5, 0.6) is 0 Å². The second kappa shape index (κ2) is 8.30. The molecule has 2 aliphatic rings. The fraction of sp³-hybridized carbons (Fsp3) is 0.375. The molecule has 3 amide bonds. The van der Waals surface area contributed by atoms with Crippen LogP contribution in [-0.4, -0.2) is 59.7 Å². The number of fused-ring (bicyclic) bond motifs is 1. The third-order valence-electron chi connectivity index (χ3n) is 5.83. The lowest BCUT2D eigenvalue weighted by Crippen LogP contribution is -2.56. The normalized spacial score (nSPS) is 17.5. The highest BCUT2D eigenvalue weighted by Crippen LogP contribution is 2.28. The van der Waals surface area contributed by atoms with Gasteiger partial charge in [0.05, 0.1) is 11.1 Å². The van der Waals surface area contributed by atoms with Crippen LogP contribution in [0.25, 0.3) is 0 Å². The number of hydrogen-bond donors (Lipinski definition) is 0. The average Bonchev–Trinajstić information content (AvgIpc) is 3.02. The number of carbonyl (C=O) groups is 3. The van der Waals surface area contributed by atoms with Gasteiger partial charge in [-0.3, -0.25) is 19.3 Å². The summed E-state index contributed by atoms with van der Waals surface area (Å²) in [6, 6.07) is 16.2. The highest BCUT2D eigenvalue weighted by atomic mass is 16.2. The van der Waals surface area contributed by atoms with Crippen molar-refractivity contribution in [1.82, 2.24) is 9.80 Å². The molecule has 6 heteroatoms. The van der Waals surface area contributed by atoms with E-state index in [1.54, 1.807) is 29.2 Å². The molecule has 0 bridgehead atoms. The summed E-state index contributed by atoms with van der Waals surface area (Å²) in [5, 5.41) is 0. The molecule has 2 aromatic rings. The highest BCUT2D eigenvalue weighted by molar-refractivity contribution is 6.22. The zero-order valence-corrected chi connectivity index (χ0v) is 17.5. The second-order valence-electron chi connectivity index (χ2n) is 8.32. The van der Waals surface area contributed by atoms with E-state index in [0.29, 0.717) is 30.6 Å². The van der Waals surface area contributed by atoms with Gasteiger partial charge in [-0.25, -0.2) is 0 Å². The molecule has 1 saturated heterocycles. The van der Waals surface area contributed by atoms with Crippen LogP contribution < -0.4 is 4.90 Å². The van der Waals surface area contributed by atoms with Crippen molar-refractivity contribution >= 4 is 23.4 Å². The Morgan fingerprint density at radius 3 is 1.90 bits per heavy atom. The summed E-state index contributed by atoms with van der Waals surface area (Å²) < 4.78 is 0. The summed E-state index contributed by atoms with van der Waals surface area (Å²) in [6.45, 7) is 6.62. The Bertz CT molecular complexity index is 914. The number of benzene rings is 2. The van der Waals surface area contributed by atoms with Gasteiger partial charge in [-0.05, 0) is 36.6 Å². The number of para-hydroxylation sites is 1. The molecule has 2 heterocycles. The van der Waals surface area contributed by atoms with Gasteiger partial charge in [0.15, 0.2) is 0 Å². The van der Waals surface area contributed by atoms with Gasteiger partial charge in [0.2, 0.25) is 5.91 Å². The largest absolute Gasteiger partial charge is 0.368 e. The van der Waals surface area contributed by atoms with Crippen LogP contribution in [0.1, 0.15) is 41.0 Å². The first-order chi connectivity index (χ1) is 14.5. The van der Waals surface area contributed by atoms with E-state index in [4.69, 9.17) is 0 Å². The number of anilines is 1. The van der Waals surface area contributed by atoms with Gasteiger partial charge in [-0.2, -0.15) is 0 Å². The van der Waals surface area contributed by atoms with E-state index >= 15 is 0 Å². The van der Waals surface area contributed by atoms with E-state index in [1.165, 1.54) is 4.90 Å². The van der Waals surface area contributed by atoms with E-state index in [1.807, 2.05) is 32.0 Å². The molecule has 156 valence electrons. The molecule has 0 N–H and O–H groups in total. The zero-order valence-electron chi connectivity index (χ0n) is 17.5. The van der Waals surface area contributed by atoms with Crippen LogP contribution in [-0.2, 0) is 4.79 Å². The van der Waals surface area contributed by atoms with Gasteiger partial charge in [-0.15, -0.1) is 0 Å². The number of imide groups is 1. The Morgan fingerprint density at radius 2 is 1.37 bits per heavy atom. The Morgan fingerprint density at radius 1 is 0.833 bits per heavy atom. The molecular weight excluding hydrogens is 378 g/mol. The standard InChI is InChI=1S/C24H27N3O3/c1-17(2)16-21(27-22(28)19-10-6-7-11-20(19)23(27)29)24(30)26-14-12-25(13-15-26)18-8-4-3-5-9-18/h3-11,17,21H,12-16H2,1-2H3/t21-/m0/s1. The molecule has 0 unspecified atom stereocenters. The molecule has 2 aliphatic heterocycles. The first kappa shape index (κ1) is 20.1. The smallest absolute Gasteiger partial charge is 0.262 e. The van der Waals surface area contributed by atoms with E-state index in [0.717, 1.165) is 18.8 Å². The predicted octanol–water partition coefficient (Wildman–Crippen LogP) is 3.05. The molecule has 30 heavy (non-hydrogen) atoms. The van der Waals surface area contributed by atoms with Gasteiger partial charge in [-0.1, -0.05) is 44.2 Å². The minimum atomic E-state index is -0.763. The molecule has 2 aromatic carbocycles. The van der Waals surface area contributed by atoms with Gasteiger partial charge < -0.3 is 9.80 Å². The summed E-state index contributed by atoms with van der Waals surface area (Å²) in [4.78, 5) is 44.7. The Hall–Kier alpha value is -3.15. The minimum Gasteiger partial charge on any atom is -0.368 e. The zero-order chi connectivity index (χ0) is 21.3. The maximum absolute atomic E-state index is 13.5. The van der Waals surface area contributed by atoms with Crippen LogP contribution in [0.2, 0.25) is 0 Å². The Balaban J connectivity index is 1.52. The van der Waals surface area contributed by atoms with Crippen LogP contribution >= 0.6 is 0 Å². The summed E-state index contributed by atoms with van der Waals surface area (Å²) in [5.74, 6) is -0.685. The molecular formula is C24H27N3O3. The van der Waals surface area contributed by atoms with Crippen molar-refractivity contribution in [3.8, 4) is 0 Å². The van der Waals surface area contributed by atoms with E-state index in [-0.39, 0.29) is 23.6 Å². The monoisotopic (exact) mass is 405 g/mol. The second-order valence-corrected chi connectivity index (χ2v) is 8.32. The molecule has 0 saturated carbocycles. The minimum absolute atomic E-state index is 0.133. The van der Waals surface area contributed by atoms with E-state index in [2.05, 4.69) is 17.0 Å². The third kappa shape index (κ3) is 3.70. The fourth-order valence-corrected chi connectivity index (χ4v) is 4.29. The van der Waals surface area contributed by atoms with Gasteiger partial charge in [0.1, 0.15) is 6.04 Å². The number of hydrogen-bond acceptors (Lipinski definition) is 4. The van der Waals surface area contributed by atoms with Crippen molar-refractivity contribution in [2.24, 2.45) is 5.92 Å². The van der Waals surface area contributed by atoms with Crippen molar-refractivity contribution in [2.75, 3.05) is 31.1 Å². The highest BCUT2D eigenvalue weighted by Gasteiger charge is 2.44. The lowest BCUT2D eigenvalue weighted by atomic mass is 10.0. The molecule has 1 atom stereocenters. The maximum atomic E-state index is 13.5. The Labute approximate surface area is 177 Å². The number of nitrogens with zero attached hydrogens (tertiary/aromatic N) is 3. The molecule has 0 aromatic heterocycles. The summed E-state index contributed by atoms with van der Waals surface area (Å²) >= 11 is 0. The number of piperazine rings is 1. The van der Waals surface area contributed by atoms with E-state index < -0.39 is 6.04 Å². The van der Waals surface area contributed by atoms with Crippen molar-refractivity contribution in [3.05, 3.63) is 65.7 Å². The Kier molecular flexibility index (Phi) is 5.57. The maximum Gasteiger partial charge on any atom is 0.262 e. The average molecular weight is 405 g/mol. The van der Waals surface area contributed by atoms with Gasteiger partial charge in [0, 0.05) is 31.9 Å². The fourth-order valence-electron chi connectivity index (χ4n) is 4.29. The van der Waals surface area contributed by atoms with Crippen LogP contribution in [0, 0.1) is 5.92 Å². The summed E-state index contributed by atoms with van der Waals surface area (Å²) in [7, 11) is 0. The van der Waals surface area contributed by atoms with Crippen molar-refractivity contribution in [2.45, 2.75) is 26.3 Å². The van der Waals surface area contributed by atoms with Crippen molar-refractivity contribution in [3.63, 3.8) is 0 Å². The molecule has 6 nitrogen and oxygen atoms in total. The summed E-state index contributed by atoms with van der Waals surface area (Å²) in [5.41, 5.74) is 1.92. The molecule has 0 aliphatic carbocycles. The molecule has 4 rings (SSSR count). The van der Waals surface area contributed by atoms with Crippen molar-refractivity contribution < 1.29 is 14.4 Å². The first-order valence-corrected chi connectivity index (χ1v) is 10.5. The number of carbonyl (C=O) groups excluding carboxylic acids is 3. The van der Waals surface area contributed by atoms with Crippen LogP contribution in [0.3, 0.4) is 0 Å².